The van der Waals surface area contributed by atoms with E-state index in [1.807, 2.05) is 24.3 Å². The van der Waals surface area contributed by atoms with Crippen molar-refractivity contribution in [1.82, 2.24) is 4.90 Å². The molecule has 1 amide bonds. The number of thiophene rings is 1. The first kappa shape index (κ1) is 14.1. The molecule has 0 radical (unpaired) electrons. The summed E-state index contributed by atoms with van der Waals surface area (Å²) in [6.45, 7) is 0. The molecule has 1 N–H and O–H groups in total. The fourth-order valence-corrected chi connectivity index (χ4v) is 3.37. The van der Waals surface area contributed by atoms with Crippen LogP contribution in [0, 0.1) is 5.92 Å². The van der Waals surface area contributed by atoms with Crippen molar-refractivity contribution in [3.63, 3.8) is 0 Å². The highest BCUT2D eigenvalue weighted by Gasteiger charge is 2.32. The van der Waals surface area contributed by atoms with E-state index in [0.717, 1.165) is 17.2 Å². The molecule has 4 heteroatoms. The third-order valence-corrected chi connectivity index (χ3v) is 4.74. The van der Waals surface area contributed by atoms with E-state index in [0.29, 0.717) is 6.04 Å². The Hall–Kier alpha value is -1.81. The Labute approximate surface area is 129 Å². The third kappa shape index (κ3) is 3.27. The Morgan fingerprint density at radius 2 is 2.10 bits per heavy atom. The average Bonchev–Trinajstić information content (AvgIpc) is 3.18. The topological polar surface area (TPSA) is 32.3 Å². The lowest BCUT2D eigenvalue weighted by atomic mass is 10.1. The van der Waals surface area contributed by atoms with E-state index in [1.165, 1.54) is 17.7 Å². The lowest BCUT2D eigenvalue weighted by Gasteiger charge is -2.19. The number of nitrogens with one attached hydrogen (secondary N) is 1. The number of nitrogens with zero attached hydrogens (tertiary/aromatic N) is 1. The molecule has 1 unspecified atom stereocenters. The number of carbonyl (C=O) groups is 1. The molecule has 1 aliphatic rings. The van der Waals surface area contributed by atoms with Crippen LogP contribution < -0.4 is 5.32 Å². The molecule has 1 aromatic heterocycles. The standard InChI is InChI=1S/C17H20N2OS/c1-19(2)17(20)13-5-3-6-14(11-13)18-16(12-8-9-12)15-7-4-10-21-15/h3-7,10-12,16,18H,8-9H2,1-2H3. The summed E-state index contributed by atoms with van der Waals surface area (Å²) in [5.74, 6) is 0.759. The fourth-order valence-electron chi connectivity index (χ4n) is 2.50. The van der Waals surface area contributed by atoms with Crippen LogP contribution in [0.5, 0.6) is 0 Å². The van der Waals surface area contributed by atoms with Gasteiger partial charge in [0.25, 0.3) is 5.91 Å². The van der Waals surface area contributed by atoms with Crippen LogP contribution in [0.25, 0.3) is 0 Å². The van der Waals surface area contributed by atoms with Crippen LogP contribution in [0.1, 0.15) is 34.1 Å². The first-order valence-corrected chi connectivity index (χ1v) is 8.15. The number of hydrogen-bond donors (Lipinski definition) is 1. The average molecular weight is 300 g/mol. The zero-order chi connectivity index (χ0) is 14.8. The van der Waals surface area contributed by atoms with Crippen LogP contribution in [0.4, 0.5) is 5.69 Å². The van der Waals surface area contributed by atoms with Crippen LogP contribution >= 0.6 is 11.3 Å². The van der Waals surface area contributed by atoms with Gasteiger partial charge in [-0.25, -0.2) is 0 Å². The third-order valence-electron chi connectivity index (χ3n) is 3.78. The molecule has 0 saturated heterocycles. The van der Waals surface area contributed by atoms with Gasteiger partial charge in [-0.15, -0.1) is 11.3 Å². The van der Waals surface area contributed by atoms with Gasteiger partial charge in [0.15, 0.2) is 0 Å². The first-order valence-electron chi connectivity index (χ1n) is 7.27. The van der Waals surface area contributed by atoms with E-state index < -0.39 is 0 Å². The highest BCUT2D eigenvalue weighted by atomic mass is 32.1. The molecular formula is C17H20N2OS. The molecule has 0 spiro atoms. The monoisotopic (exact) mass is 300 g/mol. The normalized spacial score (nSPS) is 15.5. The van der Waals surface area contributed by atoms with Crippen LogP contribution in [-0.2, 0) is 0 Å². The van der Waals surface area contributed by atoms with Crippen molar-refractivity contribution in [3.8, 4) is 0 Å². The Kier molecular flexibility index (Phi) is 3.97. The molecule has 1 fully saturated rings. The summed E-state index contributed by atoms with van der Waals surface area (Å²) in [6.07, 6.45) is 2.57. The van der Waals surface area contributed by atoms with Gasteiger partial charge in [-0.3, -0.25) is 4.79 Å². The Balaban J connectivity index is 1.80. The minimum Gasteiger partial charge on any atom is -0.377 e. The Morgan fingerprint density at radius 3 is 2.71 bits per heavy atom. The van der Waals surface area contributed by atoms with Gasteiger partial charge in [0.2, 0.25) is 0 Å². The highest BCUT2D eigenvalue weighted by Crippen LogP contribution is 2.44. The van der Waals surface area contributed by atoms with E-state index in [-0.39, 0.29) is 5.91 Å². The number of rotatable bonds is 5. The minimum atomic E-state index is 0.0396. The molecular weight excluding hydrogens is 280 g/mol. The van der Waals surface area contributed by atoms with Crippen molar-refractivity contribution >= 4 is 22.9 Å². The number of benzene rings is 1. The van der Waals surface area contributed by atoms with E-state index in [9.17, 15) is 4.79 Å². The summed E-state index contributed by atoms with van der Waals surface area (Å²) in [4.78, 5) is 15.0. The number of hydrogen-bond acceptors (Lipinski definition) is 3. The van der Waals surface area contributed by atoms with Gasteiger partial charge in [-0.2, -0.15) is 0 Å². The smallest absolute Gasteiger partial charge is 0.253 e. The lowest BCUT2D eigenvalue weighted by Crippen LogP contribution is -2.21. The predicted octanol–water partition coefficient (Wildman–Crippen LogP) is 4.01. The molecule has 1 aromatic carbocycles. The summed E-state index contributed by atoms with van der Waals surface area (Å²) in [6, 6.07) is 12.5. The van der Waals surface area contributed by atoms with Crippen molar-refractivity contribution in [1.29, 1.82) is 0 Å². The summed E-state index contributed by atoms with van der Waals surface area (Å²) in [5.41, 5.74) is 1.75. The lowest BCUT2D eigenvalue weighted by molar-refractivity contribution is 0.0827. The maximum Gasteiger partial charge on any atom is 0.253 e. The molecule has 1 saturated carbocycles. The Bertz CT molecular complexity index is 617. The van der Waals surface area contributed by atoms with Crippen molar-refractivity contribution < 1.29 is 4.79 Å². The first-order chi connectivity index (χ1) is 10.1. The van der Waals surface area contributed by atoms with Gasteiger partial charge in [0.1, 0.15) is 0 Å². The molecule has 3 nitrogen and oxygen atoms in total. The van der Waals surface area contributed by atoms with E-state index in [1.54, 1.807) is 30.3 Å². The second-order valence-electron chi connectivity index (χ2n) is 5.76. The van der Waals surface area contributed by atoms with Gasteiger partial charge in [0.05, 0.1) is 6.04 Å². The predicted molar refractivity (Wildman–Crippen MR) is 87.9 cm³/mol. The van der Waals surface area contributed by atoms with Crippen LogP contribution in [0.15, 0.2) is 41.8 Å². The number of carbonyl (C=O) groups excluding carboxylic acids is 1. The molecule has 1 heterocycles. The number of anilines is 1. The zero-order valence-electron chi connectivity index (χ0n) is 12.4. The van der Waals surface area contributed by atoms with E-state index >= 15 is 0 Å². The quantitative estimate of drug-likeness (QED) is 0.904. The van der Waals surface area contributed by atoms with Crippen LogP contribution in [0.2, 0.25) is 0 Å². The van der Waals surface area contributed by atoms with E-state index in [2.05, 4.69) is 22.8 Å². The maximum absolute atomic E-state index is 12.1. The summed E-state index contributed by atoms with van der Waals surface area (Å²) in [5, 5.41) is 5.74. The van der Waals surface area contributed by atoms with Gasteiger partial charge in [0, 0.05) is 30.2 Å². The van der Waals surface area contributed by atoms with Gasteiger partial charge < -0.3 is 10.2 Å². The fraction of sp³-hybridized carbons (Fsp3) is 0.353. The second-order valence-corrected chi connectivity index (χ2v) is 6.73. The molecule has 1 aliphatic carbocycles. The summed E-state index contributed by atoms with van der Waals surface area (Å²) < 4.78 is 0. The molecule has 21 heavy (non-hydrogen) atoms. The van der Waals surface area contributed by atoms with Crippen molar-refractivity contribution in [3.05, 3.63) is 52.2 Å². The minimum absolute atomic E-state index is 0.0396. The molecule has 1 atom stereocenters. The SMILES string of the molecule is CN(C)C(=O)c1cccc(NC(c2cccs2)C2CC2)c1. The second kappa shape index (κ2) is 5.90. The molecule has 3 rings (SSSR count). The summed E-state index contributed by atoms with van der Waals surface area (Å²) in [7, 11) is 3.56. The van der Waals surface area contributed by atoms with Crippen LogP contribution in [-0.4, -0.2) is 24.9 Å². The molecule has 0 bridgehead atoms. The molecule has 110 valence electrons. The van der Waals surface area contributed by atoms with Crippen molar-refractivity contribution in [2.45, 2.75) is 18.9 Å². The van der Waals surface area contributed by atoms with E-state index in [4.69, 9.17) is 0 Å². The van der Waals surface area contributed by atoms with Gasteiger partial charge >= 0.3 is 0 Å². The van der Waals surface area contributed by atoms with Crippen LogP contribution in [0.3, 0.4) is 0 Å². The number of amides is 1. The largest absolute Gasteiger partial charge is 0.377 e. The van der Waals surface area contributed by atoms with Gasteiger partial charge in [-0.05, 0) is 48.4 Å². The summed E-state index contributed by atoms with van der Waals surface area (Å²) >= 11 is 1.80. The van der Waals surface area contributed by atoms with Crippen molar-refractivity contribution in [2.24, 2.45) is 5.92 Å². The highest BCUT2D eigenvalue weighted by molar-refractivity contribution is 7.10. The molecule has 2 aromatic rings. The zero-order valence-corrected chi connectivity index (χ0v) is 13.2. The van der Waals surface area contributed by atoms with Crippen molar-refractivity contribution in [2.75, 3.05) is 19.4 Å². The maximum atomic E-state index is 12.1. The Morgan fingerprint density at radius 1 is 1.29 bits per heavy atom. The van der Waals surface area contributed by atoms with Gasteiger partial charge in [-0.1, -0.05) is 12.1 Å². The molecule has 0 aliphatic heterocycles.